The predicted octanol–water partition coefficient (Wildman–Crippen LogP) is 3.38. The molecule has 0 saturated carbocycles. The number of carbonyl (C=O) groups is 2. The number of thioether (sulfide) groups is 1. The van der Waals surface area contributed by atoms with E-state index < -0.39 is 35.0 Å². The number of nitro groups is 1. The van der Waals surface area contributed by atoms with Gasteiger partial charge in [0.15, 0.2) is 0 Å². The van der Waals surface area contributed by atoms with Crippen LogP contribution in [0.1, 0.15) is 21.5 Å². The summed E-state index contributed by atoms with van der Waals surface area (Å²) in [6, 6.07) is 8.46. The van der Waals surface area contributed by atoms with Crippen LogP contribution in [0.5, 0.6) is 0 Å². The number of amides is 2. The molecule has 0 radical (unpaired) electrons. The van der Waals surface area contributed by atoms with Gasteiger partial charge in [0.1, 0.15) is 0 Å². The second-order valence-electron chi connectivity index (χ2n) is 5.80. The third-order valence-electron chi connectivity index (χ3n) is 3.79. The highest BCUT2D eigenvalue weighted by molar-refractivity contribution is 7.98. The summed E-state index contributed by atoms with van der Waals surface area (Å²) in [5.41, 5.74) is -0.782. The number of hydrogen-bond acceptors (Lipinski definition) is 5. The molecule has 0 aliphatic rings. The number of hydrogen-bond donors (Lipinski definition) is 2. The number of carbonyl (C=O) groups excluding carboxylic acids is 2. The fourth-order valence-corrected chi connectivity index (χ4v) is 2.90. The van der Waals surface area contributed by atoms with E-state index in [2.05, 4.69) is 10.6 Å². The second kappa shape index (κ2) is 9.41. The lowest BCUT2D eigenvalue weighted by Gasteiger charge is -2.10. The zero-order chi connectivity index (χ0) is 21.6. The van der Waals surface area contributed by atoms with Crippen LogP contribution < -0.4 is 10.6 Å². The molecular formula is C18H16F3N3O4S. The first-order valence-electron chi connectivity index (χ1n) is 8.15. The molecule has 7 nitrogen and oxygen atoms in total. The Morgan fingerprint density at radius 3 is 2.48 bits per heavy atom. The first-order valence-corrected chi connectivity index (χ1v) is 9.37. The molecule has 154 valence electrons. The molecule has 11 heteroatoms. The molecule has 2 rings (SSSR count). The SMILES string of the molecule is CSc1ccc(C(=O)NCC(=O)NCc2cccc(C(F)(F)F)c2)cc1[N+](=O)[O-]. The largest absolute Gasteiger partial charge is 0.416 e. The third kappa shape index (κ3) is 6.21. The van der Waals surface area contributed by atoms with Crippen LogP contribution in [0.3, 0.4) is 0 Å². The second-order valence-corrected chi connectivity index (χ2v) is 6.65. The Morgan fingerprint density at radius 2 is 1.86 bits per heavy atom. The van der Waals surface area contributed by atoms with E-state index in [0.717, 1.165) is 30.0 Å². The van der Waals surface area contributed by atoms with Crippen molar-refractivity contribution in [3.8, 4) is 0 Å². The Morgan fingerprint density at radius 1 is 1.14 bits per heavy atom. The lowest BCUT2D eigenvalue weighted by atomic mass is 10.1. The molecule has 0 bridgehead atoms. The molecule has 0 fully saturated rings. The van der Waals surface area contributed by atoms with E-state index in [9.17, 15) is 32.9 Å². The highest BCUT2D eigenvalue weighted by Gasteiger charge is 2.30. The summed E-state index contributed by atoms with van der Waals surface area (Å²) in [6.45, 7) is -0.581. The van der Waals surface area contributed by atoms with Crippen LogP contribution in [0.15, 0.2) is 47.4 Å². The fourth-order valence-electron chi connectivity index (χ4n) is 2.36. The zero-order valence-corrected chi connectivity index (χ0v) is 15.9. The van der Waals surface area contributed by atoms with E-state index in [1.165, 1.54) is 24.3 Å². The molecular weight excluding hydrogens is 411 g/mol. The van der Waals surface area contributed by atoms with Crippen LogP contribution in [0.25, 0.3) is 0 Å². The normalized spacial score (nSPS) is 11.0. The van der Waals surface area contributed by atoms with Crippen molar-refractivity contribution in [2.24, 2.45) is 0 Å². The van der Waals surface area contributed by atoms with Crippen molar-refractivity contribution in [3.05, 3.63) is 69.3 Å². The van der Waals surface area contributed by atoms with E-state index in [-0.39, 0.29) is 23.4 Å². The molecule has 0 aliphatic carbocycles. The molecule has 0 aliphatic heterocycles. The average Bonchev–Trinajstić information content (AvgIpc) is 2.69. The molecule has 0 unspecified atom stereocenters. The molecule has 2 aromatic carbocycles. The fraction of sp³-hybridized carbons (Fsp3) is 0.222. The standard InChI is InChI=1S/C18H16F3N3O4S/c1-29-15-6-5-12(8-14(15)24(27)28)17(26)23-10-16(25)22-9-11-3-2-4-13(7-11)18(19,20)21/h2-8H,9-10H2,1H3,(H,22,25)(H,23,26). The number of nitro benzene ring substituents is 1. The summed E-state index contributed by atoms with van der Waals surface area (Å²) in [6.07, 6.45) is -2.82. The van der Waals surface area contributed by atoms with Crippen LogP contribution in [0.2, 0.25) is 0 Å². The van der Waals surface area contributed by atoms with Crippen molar-refractivity contribution in [1.82, 2.24) is 10.6 Å². The predicted molar refractivity (Wildman–Crippen MR) is 101 cm³/mol. The molecule has 0 spiro atoms. The van der Waals surface area contributed by atoms with Gasteiger partial charge in [-0.15, -0.1) is 11.8 Å². The quantitative estimate of drug-likeness (QED) is 0.401. The molecule has 29 heavy (non-hydrogen) atoms. The minimum absolute atomic E-state index is 0.0141. The molecule has 2 aromatic rings. The third-order valence-corrected chi connectivity index (χ3v) is 4.58. The van der Waals surface area contributed by atoms with E-state index in [4.69, 9.17) is 0 Å². The van der Waals surface area contributed by atoms with Gasteiger partial charge in [-0.05, 0) is 36.1 Å². The van der Waals surface area contributed by atoms with E-state index in [0.29, 0.717) is 4.90 Å². The van der Waals surface area contributed by atoms with Crippen molar-refractivity contribution < 1.29 is 27.7 Å². The van der Waals surface area contributed by atoms with E-state index in [1.54, 1.807) is 6.26 Å². The summed E-state index contributed by atoms with van der Waals surface area (Å²) in [5.74, 6) is -1.30. The van der Waals surface area contributed by atoms with Gasteiger partial charge in [-0.2, -0.15) is 13.2 Å². The molecule has 0 heterocycles. The summed E-state index contributed by atoms with van der Waals surface area (Å²) < 4.78 is 38.1. The topological polar surface area (TPSA) is 101 Å². The number of benzene rings is 2. The first-order chi connectivity index (χ1) is 13.6. The van der Waals surface area contributed by atoms with Crippen molar-refractivity contribution in [1.29, 1.82) is 0 Å². The van der Waals surface area contributed by atoms with Gasteiger partial charge in [0.05, 0.1) is 21.9 Å². The number of alkyl halides is 3. The van der Waals surface area contributed by atoms with Crippen LogP contribution in [0, 0.1) is 10.1 Å². The maximum Gasteiger partial charge on any atom is 0.416 e. The summed E-state index contributed by atoms with van der Waals surface area (Å²) in [4.78, 5) is 34.8. The number of halogens is 3. The van der Waals surface area contributed by atoms with Gasteiger partial charge in [0, 0.05) is 18.2 Å². The lowest BCUT2D eigenvalue weighted by Crippen LogP contribution is -2.36. The van der Waals surface area contributed by atoms with Crippen LogP contribution >= 0.6 is 11.8 Å². The minimum Gasteiger partial charge on any atom is -0.350 e. The average molecular weight is 427 g/mol. The lowest BCUT2D eigenvalue weighted by molar-refractivity contribution is -0.387. The van der Waals surface area contributed by atoms with Crippen LogP contribution in [0.4, 0.5) is 18.9 Å². The molecule has 0 atom stereocenters. The van der Waals surface area contributed by atoms with E-state index >= 15 is 0 Å². The van der Waals surface area contributed by atoms with Gasteiger partial charge in [-0.25, -0.2) is 0 Å². The molecule has 0 saturated heterocycles. The zero-order valence-electron chi connectivity index (χ0n) is 15.1. The minimum atomic E-state index is -4.48. The Hall–Kier alpha value is -3.08. The molecule has 0 aromatic heterocycles. The van der Waals surface area contributed by atoms with Gasteiger partial charge in [0.2, 0.25) is 5.91 Å². The summed E-state index contributed by atoms with van der Waals surface area (Å²) in [5, 5.41) is 15.8. The Balaban J connectivity index is 1.92. The van der Waals surface area contributed by atoms with Gasteiger partial charge in [-0.3, -0.25) is 19.7 Å². The maximum absolute atomic E-state index is 12.7. The number of nitrogens with one attached hydrogen (secondary N) is 2. The van der Waals surface area contributed by atoms with Crippen molar-refractivity contribution in [2.75, 3.05) is 12.8 Å². The highest BCUT2D eigenvalue weighted by Crippen LogP contribution is 2.29. The van der Waals surface area contributed by atoms with Crippen molar-refractivity contribution in [2.45, 2.75) is 17.6 Å². The highest BCUT2D eigenvalue weighted by atomic mass is 32.2. The van der Waals surface area contributed by atoms with Crippen molar-refractivity contribution in [3.63, 3.8) is 0 Å². The summed E-state index contributed by atoms with van der Waals surface area (Å²) in [7, 11) is 0. The number of nitrogens with zero attached hydrogens (tertiary/aromatic N) is 1. The monoisotopic (exact) mass is 427 g/mol. The molecule has 2 amide bonds. The van der Waals surface area contributed by atoms with E-state index in [1.807, 2.05) is 0 Å². The first kappa shape index (κ1) is 22.2. The van der Waals surface area contributed by atoms with Gasteiger partial charge in [0.25, 0.3) is 11.6 Å². The van der Waals surface area contributed by atoms with Gasteiger partial charge >= 0.3 is 6.18 Å². The van der Waals surface area contributed by atoms with Gasteiger partial charge in [-0.1, -0.05) is 12.1 Å². The maximum atomic E-state index is 12.7. The molecule has 2 N–H and O–H groups in total. The van der Waals surface area contributed by atoms with Crippen LogP contribution in [-0.4, -0.2) is 29.5 Å². The summed E-state index contributed by atoms with van der Waals surface area (Å²) >= 11 is 1.16. The van der Waals surface area contributed by atoms with Crippen molar-refractivity contribution >= 4 is 29.3 Å². The Labute approximate surface area is 167 Å². The number of rotatable bonds is 7. The smallest absolute Gasteiger partial charge is 0.350 e. The Bertz CT molecular complexity index is 935. The Kier molecular flexibility index (Phi) is 7.21. The van der Waals surface area contributed by atoms with Crippen LogP contribution in [-0.2, 0) is 17.5 Å². The van der Waals surface area contributed by atoms with Gasteiger partial charge < -0.3 is 10.6 Å².